The molecule has 3 aliphatic carbocycles. The number of aliphatic imine (C=N–C) groups is 1. The van der Waals surface area contributed by atoms with Crippen LogP contribution in [0.25, 0.3) is 51.7 Å². The third kappa shape index (κ3) is 21.5. The molecule has 6 heterocycles. The molecule has 8 aromatic rings. The minimum atomic E-state index is -0.504. The van der Waals surface area contributed by atoms with Crippen molar-refractivity contribution in [2.45, 2.75) is 85.0 Å². The molecular weight excluding hydrogens is 1610 g/mol. The first-order valence-corrected chi connectivity index (χ1v) is 41.7. The average Bonchev–Trinajstić information content (AvgIpc) is 1.62. The van der Waals surface area contributed by atoms with Crippen LogP contribution in [0.5, 0.6) is 51.7 Å². The summed E-state index contributed by atoms with van der Waals surface area (Å²) in [5.74, 6) is 2.59. The number of morpholine rings is 2. The summed E-state index contributed by atoms with van der Waals surface area (Å²) < 4.78 is 110. The van der Waals surface area contributed by atoms with Crippen LogP contribution in [0.15, 0.2) is 159 Å². The Labute approximate surface area is 722 Å². The molecule has 0 N–H and O–H groups in total. The summed E-state index contributed by atoms with van der Waals surface area (Å²) in [5, 5.41) is 0. The molecular formula is C96H99F3N6O18S. The van der Waals surface area contributed by atoms with Gasteiger partial charge in [0.15, 0.2) is 34.5 Å². The number of thiazole rings is 1. The van der Waals surface area contributed by atoms with Crippen LogP contribution in [-0.2, 0) is 36.7 Å². The van der Waals surface area contributed by atoms with E-state index in [0.29, 0.717) is 164 Å². The molecule has 24 nitrogen and oxygen atoms in total. The van der Waals surface area contributed by atoms with E-state index in [0.717, 1.165) is 124 Å². The number of amides is 3. The zero-order chi connectivity index (χ0) is 87.7. The lowest BCUT2D eigenvalue weighted by Gasteiger charge is -2.31. The molecule has 0 saturated carbocycles. The molecule has 3 fully saturated rings. The number of ketones is 3. The summed E-state index contributed by atoms with van der Waals surface area (Å²) in [7, 11) is 11.0. The molecule has 6 aromatic carbocycles. The highest BCUT2D eigenvalue weighted by Crippen LogP contribution is 2.51. The highest BCUT2D eigenvalue weighted by atomic mass is 32.1. The van der Waals surface area contributed by atoms with Gasteiger partial charge < -0.3 is 76.1 Å². The molecule has 0 radical (unpaired) electrons. The summed E-state index contributed by atoms with van der Waals surface area (Å²) in [6, 6.07) is 28.4. The van der Waals surface area contributed by atoms with Crippen LogP contribution < -0.4 is 42.6 Å². The van der Waals surface area contributed by atoms with Crippen LogP contribution in [0.3, 0.4) is 0 Å². The molecule has 0 atom stereocenters. The Morgan fingerprint density at radius 2 is 0.815 bits per heavy atom. The fraction of sp³-hybridized carbons (Fsp3) is 0.333. The molecule has 648 valence electrons. The van der Waals surface area contributed by atoms with Crippen molar-refractivity contribution in [3.05, 3.63) is 228 Å². The Kier molecular flexibility index (Phi) is 29.8. The number of benzene rings is 6. The number of Topliss-reactive ketones (excluding diaryl/α,β-unsaturated/α-hetero) is 3. The second-order valence-electron chi connectivity index (χ2n) is 30.4. The molecule has 4 aliphatic heterocycles. The standard InChI is InChI=1S/C33H35FN2O6.C32H33FN2O6.C31H31FN2O6S/c1-21-26(10-8-24(37)20-25-6-5-15-41-25)29-19-23(34)7-9-27(29)28(21)16-22-17-30(39-3)32(31(18-22)40-4)42-33(38)36-13-11-35(2)12-14-36;1-20-25(7-5-24(36)14-21-8-9-34-19-21)28-18-23(33)4-6-26(28)27(20)15-22-16-29(38-2)31(30(17-22)39-3)41-32(37)35-10-12-40-13-11-35;1-19-24(7-5-22(35)16-23-17-33-18-41-23)27-15-21(32)4-6-25(27)26(19)12-20-13-28(37-2)30(29(14-20)38-3)40-31(36)34-8-10-39-11-9-34/h5-7,9,15-19H,8,10-14,20H2,1-4H3;4,6,9,15-19H,5,7-8,10-14H2,1-3H3;4,6,12-15,17-18H,5,7-11,16H2,1-3H3/b28-16-;27-15-;26-12-. The molecule has 15 rings (SSSR count). The minimum absolute atomic E-state index is 0.0526. The largest absolute Gasteiger partial charge is 0.493 e. The van der Waals surface area contributed by atoms with Crippen molar-refractivity contribution < 1.29 is 98.5 Å². The number of rotatable bonds is 27. The number of methoxy groups -OCH3 is 6. The summed E-state index contributed by atoms with van der Waals surface area (Å²) in [6.45, 7) is 12.2. The maximum Gasteiger partial charge on any atom is 0.415 e. The first-order valence-electron chi connectivity index (χ1n) is 40.9. The zero-order valence-corrected chi connectivity index (χ0v) is 71.9. The predicted molar refractivity (Wildman–Crippen MR) is 468 cm³/mol. The lowest BCUT2D eigenvalue weighted by atomic mass is 9.97. The van der Waals surface area contributed by atoms with Gasteiger partial charge in [-0.25, -0.2) is 27.6 Å². The number of hydrogen-bond acceptors (Lipinski definition) is 22. The first kappa shape index (κ1) is 89.1. The number of carbonyl (C=O) groups is 6. The number of carbonyl (C=O) groups excluding carboxylic acids is 6. The summed E-state index contributed by atoms with van der Waals surface area (Å²) in [5.41, 5.74) is 18.4. The maximum absolute atomic E-state index is 14.4. The molecule has 124 heavy (non-hydrogen) atoms. The van der Waals surface area contributed by atoms with Crippen LogP contribution in [0.2, 0.25) is 0 Å². The smallest absolute Gasteiger partial charge is 0.415 e. The summed E-state index contributed by atoms with van der Waals surface area (Å²) >= 11 is 1.46. The van der Waals surface area contributed by atoms with E-state index < -0.39 is 18.3 Å². The van der Waals surface area contributed by atoms with Gasteiger partial charge in [-0.2, -0.15) is 0 Å². The van der Waals surface area contributed by atoms with E-state index in [9.17, 15) is 41.9 Å². The van der Waals surface area contributed by atoms with Crippen LogP contribution in [0.4, 0.5) is 27.6 Å². The van der Waals surface area contributed by atoms with Crippen molar-refractivity contribution in [1.82, 2.24) is 24.6 Å². The normalized spacial score (nSPS) is 16.3. The fourth-order valence-electron chi connectivity index (χ4n) is 15.9. The monoisotopic (exact) mass is 1710 g/mol. The van der Waals surface area contributed by atoms with Gasteiger partial charge in [0.1, 0.15) is 40.6 Å². The Hall–Kier alpha value is -12.6. The highest BCUT2D eigenvalue weighted by molar-refractivity contribution is 7.09. The van der Waals surface area contributed by atoms with Gasteiger partial charge in [-0.3, -0.25) is 24.4 Å². The Bertz CT molecular complexity index is 5530. The van der Waals surface area contributed by atoms with Crippen LogP contribution in [0, 0.1) is 17.5 Å². The quantitative estimate of drug-likeness (QED) is 0.0463. The molecule has 3 amide bonds. The van der Waals surface area contributed by atoms with Crippen molar-refractivity contribution in [2.75, 3.05) is 128 Å². The second kappa shape index (κ2) is 41.5. The first-order chi connectivity index (χ1) is 60.0. The van der Waals surface area contributed by atoms with Gasteiger partial charge in [0, 0.05) is 114 Å². The number of furan rings is 1. The van der Waals surface area contributed by atoms with Gasteiger partial charge in [0.25, 0.3) is 0 Å². The van der Waals surface area contributed by atoms with Gasteiger partial charge in [-0.15, -0.1) is 11.3 Å². The third-order valence-electron chi connectivity index (χ3n) is 22.5. The number of hydrogen-bond donors (Lipinski definition) is 0. The van der Waals surface area contributed by atoms with Gasteiger partial charge in [-0.1, -0.05) is 18.2 Å². The van der Waals surface area contributed by atoms with Gasteiger partial charge in [-0.05, 0) is 256 Å². The number of aromatic nitrogens is 1. The van der Waals surface area contributed by atoms with Crippen molar-refractivity contribution >= 4 is 105 Å². The molecule has 0 spiro atoms. The van der Waals surface area contributed by atoms with E-state index >= 15 is 0 Å². The van der Waals surface area contributed by atoms with E-state index in [4.69, 9.17) is 56.5 Å². The fourth-order valence-corrected chi connectivity index (χ4v) is 16.5. The Morgan fingerprint density at radius 1 is 0.452 bits per heavy atom. The van der Waals surface area contributed by atoms with Crippen LogP contribution in [0.1, 0.15) is 133 Å². The van der Waals surface area contributed by atoms with E-state index in [1.165, 1.54) is 90.4 Å². The predicted octanol–water partition coefficient (Wildman–Crippen LogP) is 18.3. The lowest BCUT2D eigenvalue weighted by Crippen LogP contribution is -2.48. The van der Waals surface area contributed by atoms with E-state index in [1.54, 1.807) is 112 Å². The van der Waals surface area contributed by atoms with Gasteiger partial charge in [0.2, 0.25) is 17.2 Å². The van der Waals surface area contributed by atoms with Crippen molar-refractivity contribution in [3.8, 4) is 51.7 Å². The summed E-state index contributed by atoms with van der Waals surface area (Å²) in [4.78, 5) is 92.5. The number of allylic oxidation sites excluding steroid dienone is 10. The van der Waals surface area contributed by atoms with Crippen molar-refractivity contribution in [3.63, 3.8) is 0 Å². The number of piperazine rings is 1. The minimum Gasteiger partial charge on any atom is -0.493 e. The van der Waals surface area contributed by atoms with Crippen molar-refractivity contribution in [1.29, 1.82) is 0 Å². The Morgan fingerprint density at radius 3 is 1.15 bits per heavy atom. The summed E-state index contributed by atoms with van der Waals surface area (Å²) in [6.07, 6.45) is 15.4. The Balaban J connectivity index is 0.000000160. The van der Waals surface area contributed by atoms with Crippen molar-refractivity contribution in [2.24, 2.45) is 4.99 Å². The number of likely N-dealkylation sites (N-methyl/N-ethyl adjacent to an activating group) is 1. The molecule has 0 unspecified atom stereocenters. The number of fused-ring (bicyclic) bond motifs is 3. The highest BCUT2D eigenvalue weighted by Gasteiger charge is 2.33. The van der Waals surface area contributed by atoms with Gasteiger partial charge in [0.05, 0.1) is 87.3 Å². The molecule has 3 saturated heterocycles. The van der Waals surface area contributed by atoms with E-state index in [1.807, 2.05) is 46.0 Å². The van der Waals surface area contributed by atoms with E-state index in [-0.39, 0.29) is 58.5 Å². The number of ether oxygens (including phenoxy) is 11. The number of nitrogens with zero attached hydrogens (tertiary/aromatic N) is 6. The second-order valence-corrected chi connectivity index (χ2v) is 31.4. The van der Waals surface area contributed by atoms with Crippen LogP contribution >= 0.6 is 11.3 Å². The molecule has 2 aromatic heterocycles. The van der Waals surface area contributed by atoms with Gasteiger partial charge >= 0.3 is 18.3 Å². The topological polar surface area (TPSA) is 255 Å². The maximum atomic E-state index is 14.4. The average molecular weight is 1710 g/mol. The lowest BCUT2D eigenvalue weighted by molar-refractivity contribution is -0.119. The van der Waals surface area contributed by atoms with Crippen LogP contribution in [-0.4, -0.2) is 195 Å². The number of halogens is 3. The van der Waals surface area contributed by atoms with E-state index in [2.05, 4.69) is 14.9 Å². The third-order valence-corrected chi connectivity index (χ3v) is 23.3. The molecule has 0 bridgehead atoms. The molecule has 28 heteroatoms. The zero-order valence-electron chi connectivity index (χ0n) is 71.1. The molecule has 7 aliphatic rings. The SMILES string of the molecule is COc1cc(/C=C2/C(C)=C(CCC(=O)CC3=CN=CC3)c3cc(F)ccc32)cc(OC)c1OC(=O)N1CCOCC1.COc1cc(/C=C2/C(C)=C(CCC(=O)Cc3ccco3)c3cc(F)ccc32)cc(OC)c1OC(=O)N1CCN(C)CC1.COc1cc(/C=C2/C(C)=C(CCC(=O)Cc3cncs3)c3cc(F)ccc32)cc(OC)c1OC(=O)N1CCOCC1.